The van der Waals surface area contributed by atoms with Gasteiger partial charge in [0.25, 0.3) is 0 Å². The number of benzene rings is 1. The molecule has 0 radical (unpaired) electrons. The Kier molecular flexibility index (Phi) is 2.99. The summed E-state index contributed by atoms with van der Waals surface area (Å²) >= 11 is 4.94. The van der Waals surface area contributed by atoms with Crippen molar-refractivity contribution < 1.29 is 8.42 Å². The van der Waals surface area contributed by atoms with E-state index in [2.05, 4.69) is 0 Å². The lowest BCUT2D eigenvalue weighted by Crippen LogP contribution is -2.16. The van der Waals surface area contributed by atoms with Crippen LogP contribution in [0.1, 0.15) is 17.0 Å². The second-order valence-electron chi connectivity index (χ2n) is 4.66. The van der Waals surface area contributed by atoms with E-state index in [0.29, 0.717) is 4.99 Å². The van der Waals surface area contributed by atoms with Gasteiger partial charge in [-0.15, -0.1) is 0 Å². The molecule has 0 spiro atoms. The number of hydrogen-bond acceptors (Lipinski definition) is 3. The van der Waals surface area contributed by atoms with Gasteiger partial charge in [0.1, 0.15) is 0 Å². The lowest BCUT2D eigenvalue weighted by Gasteiger charge is -2.00. The summed E-state index contributed by atoms with van der Waals surface area (Å²) < 4.78 is 23.3. The summed E-state index contributed by atoms with van der Waals surface area (Å²) in [5, 5.41) is -0.442. The van der Waals surface area contributed by atoms with Crippen LogP contribution < -0.4 is 5.73 Å². The van der Waals surface area contributed by atoms with Crippen molar-refractivity contribution in [1.82, 2.24) is 0 Å². The first-order valence-electron chi connectivity index (χ1n) is 5.37. The molecular weight excluding hydrogens is 254 g/mol. The summed E-state index contributed by atoms with van der Waals surface area (Å²) in [4.78, 5) is 0.297. The summed E-state index contributed by atoms with van der Waals surface area (Å²) in [5.74, 6) is -0.272. The van der Waals surface area contributed by atoms with E-state index in [1.165, 1.54) is 6.26 Å². The van der Waals surface area contributed by atoms with Crippen LogP contribution in [-0.2, 0) is 9.84 Å². The van der Waals surface area contributed by atoms with Gasteiger partial charge in [0.15, 0.2) is 9.84 Å². The molecule has 0 aromatic heterocycles. The Morgan fingerprint density at radius 1 is 1.29 bits per heavy atom. The van der Waals surface area contributed by atoms with E-state index in [1.54, 1.807) is 0 Å². The van der Waals surface area contributed by atoms with Crippen molar-refractivity contribution in [3.8, 4) is 0 Å². The van der Waals surface area contributed by atoms with Gasteiger partial charge >= 0.3 is 0 Å². The summed E-state index contributed by atoms with van der Waals surface area (Å²) in [6.45, 7) is 2.00. The summed E-state index contributed by atoms with van der Waals surface area (Å²) in [7, 11) is -3.10. The van der Waals surface area contributed by atoms with Gasteiger partial charge in [0.2, 0.25) is 0 Å². The molecule has 1 aliphatic rings. The molecule has 0 bridgehead atoms. The average Bonchev–Trinajstić information content (AvgIpc) is 2.93. The molecule has 1 aromatic rings. The quantitative estimate of drug-likeness (QED) is 0.843. The fourth-order valence-electron chi connectivity index (χ4n) is 2.34. The molecular formula is C12H15NO2S2. The molecule has 2 N–H and O–H groups in total. The molecule has 5 heteroatoms. The first-order valence-corrected chi connectivity index (χ1v) is 7.73. The van der Waals surface area contributed by atoms with E-state index in [1.807, 2.05) is 31.2 Å². The summed E-state index contributed by atoms with van der Waals surface area (Å²) in [5.41, 5.74) is 7.76. The molecule has 17 heavy (non-hydrogen) atoms. The highest BCUT2D eigenvalue weighted by Crippen LogP contribution is 2.52. The smallest absolute Gasteiger partial charge is 0.151 e. The Morgan fingerprint density at radius 2 is 1.82 bits per heavy atom. The van der Waals surface area contributed by atoms with E-state index in [-0.39, 0.29) is 11.8 Å². The molecule has 92 valence electrons. The minimum absolute atomic E-state index is 0.0666. The second-order valence-corrected chi connectivity index (χ2v) is 7.33. The van der Waals surface area contributed by atoms with Crippen LogP contribution in [-0.4, -0.2) is 24.9 Å². The largest absolute Gasteiger partial charge is 0.393 e. The highest BCUT2D eigenvalue weighted by molar-refractivity contribution is 7.91. The van der Waals surface area contributed by atoms with Gasteiger partial charge < -0.3 is 5.73 Å². The Morgan fingerprint density at radius 3 is 2.18 bits per heavy atom. The normalized spacial score (nSPS) is 27.8. The Labute approximate surface area is 107 Å². The van der Waals surface area contributed by atoms with Crippen LogP contribution in [0.15, 0.2) is 24.3 Å². The van der Waals surface area contributed by atoms with E-state index in [4.69, 9.17) is 18.0 Å². The van der Waals surface area contributed by atoms with Gasteiger partial charge in [-0.1, -0.05) is 42.0 Å². The number of aryl methyl sites for hydroxylation is 1. The second kappa shape index (κ2) is 4.07. The fraction of sp³-hybridized carbons (Fsp3) is 0.417. The van der Waals surface area contributed by atoms with Crippen LogP contribution in [0.4, 0.5) is 0 Å². The standard InChI is InChI=1S/C12H15NO2S2/c1-7-3-5-8(6-4-7)9-10(12(13)16)11(9)17(2,14)15/h3-6,9-11H,1-2H3,(H2,13,16)/t9-,10+,11-/m1/s1. The SMILES string of the molecule is Cc1ccc([C@@H]2[C@H](C(N)=S)[C@@H]2S(C)(=O)=O)cc1. The number of thiocarbonyl (C=S) groups is 1. The summed E-state index contributed by atoms with van der Waals surface area (Å²) in [6.07, 6.45) is 1.25. The van der Waals surface area contributed by atoms with Crippen LogP contribution in [0.2, 0.25) is 0 Å². The van der Waals surface area contributed by atoms with Crippen molar-refractivity contribution in [2.45, 2.75) is 18.1 Å². The Hall–Kier alpha value is -0.940. The number of sulfone groups is 1. The average molecular weight is 269 g/mol. The molecule has 0 amide bonds. The first-order chi connectivity index (χ1) is 7.82. The maximum atomic E-state index is 11.6. The fourth-order valence-corrected chi connectivity index (χ4v) is 4.34. The summed E-state index contributed by atoms with van der Waals surface area (Å²) in [6, 6.07) is 7.86. The monoisotopic (exact) mass is 269 g/mol. The third-order valence-electron chi connectivity index (χ3n) is 3.24. The topological polar surface area (TPSA) is 60.2 Å². The van der Waals surface area contributed by atoms with Crippen LogP contribution in [0.3, 0.4) is 0 Å². The Balaban J connectivity index is 2.34. The Bertz CT molecular complexity index is 548. The van der Waals surface area contributed by atoms with Gasteiger partial charge in [-0.05, 0) is 12.5 Å². The molecule has 3 nitrogen and oxygen atoms in total. The van der Waals surface area contributed by atoms with E-state index >= 15 is 0 Å². The van der Waals surface area contributed by atoms with Crippen molar-refractivity contribution in [3.63, 3.8) is 0 Å². The number of nitrogens with two attached hydrogens (primary N) is 1. The van der Waals surface area contributed by atoms with Crippen molar-refractivity contribution in [1.29, 1.82) is 0 Å². The van der Waals surface area contributed by atoms with Crippen molar-refractivity contribution >= 4 is 27.0 Å². The molecule has 1 aromatic carbocycles. The predicted octanol–water partition coefficient (Wildman–Crippen LogP) is 1.41. The third kappa shape index (κ3) is 2.35. The molecule has 1 saturated carbocycles. The molecule has 3 atom stereocenters. The molecule has 1 aliphatic carbocycles. The number of hydrogen-bond donors (Lipinski definition) is 1. The van der Waals surface area contributed by atoms with Crippen molar-refractivity contribution in [2.75, 3.05) is 6.26 Å². The minimum Gasteiger partial charge on any atom is -0.393 e. The van der Waals surface area contributed by atoms with E-state index in [0.717, 1.165) is 11.1 Å². The van der Waals surface area contributed by atoms with Gasteiger partial charge in [0.05, 0.1) is 10.2 Å². The molecule has 0 unspecified atom stereocenters. The van der Waals surface area contributed by atoms with Gasteiger partial charge in [-0.25, -0.2) is 8.42 Å². The molecule has 2 rings (SSSR count). The van der Waals surface area contributed by atoms with Crippen LogP contribution in [0, 0.1) is 12.8 Å². The molecule has 1 fully saturated rings. The van der Waals surface area contributed by atoms with Gasteiger partial charge in [0, 0.05) is 18.1 Å². The zero-order chi connectivity index (χ0) is 12.8. The predicted molar refractivity (Wildman–Crippen MR) is 72.8 cm³/mol. The van der Waals surface area contributed by atoms with Crippen LogP contribution in [0.25, 0.3) is 0 Å². The zero-order valence-electron chi connectivity index (χ0n) is 9.75. The highest BCUT2D eigenvalue weighted by Gasteiger charge is 2.58. The third-order valence-corrected chi connectivity index (χ3v) is 5.09. The highest BCUT2D eigenvalue weighted by atomic mass is 32.2. The van der Waals surface area contributed by atoms with E-state index in [9.17, 15) is 8.42 Å². The first kappa shape index (κ1) is 12.5. The van der Waals surface area contributed by atoms with Crippen molar-refractivity contribution in [3.05, 3.63) is 35.4 Å². The lowest BCUT2D eigenvalue weighted by molar-refractivity contribution is 0.599. The molecule has 0 saturated heterocycles. The van der Waals surface area contributed by atoms with Crippen LogP contribution in [0.5, 0.6) is 0 Å². The maximum absolute atomic E-state index is 11.6. The number of rotatable bonds is 3. The van der Waals surface area contributed by atoms with Crippen LogP contribution >= 0.6 is 12.2 Å². The molecule has 0 heterocycles. The van der Waals surface area contributed by atoms with E-state index < -0.39 is 15.1 Å². The van der Waals surface area contributed by atoms with Gasteiger partial charge in [-0.3, -0.25) is 0 Å². The van der Waals surface area contributed by atoms with Crippen molar-refractivity contribution in [2.24, 2.45) is 11.7 Å². The molecule has 0 aliphatic heterocycles. The van der Waals surface area contributed by atoms with Gasteiger partial charge in [-0.2, -0.15) is 0 Å². The zero-order valence-corrected chi connectivity index (χ0v) is 11.4. The maximum Gasteiger partial charge on any atom is 0.151 e. The minimum atomic E-state index is -3.10. The lowest BCUT2D eigenvalue weighted by atomic mass is 10.1.